The van der Waals surface area contributed by atoms with Crippen molar-refractivity contribution in [3.8, 4) is 5.75 Å². The SMILES string of the molecule is Cc1nc2c(n1CC1CCCCC1)C1CCCCC1N(C(=O)c1ccc(OCCCN3CCNCC3)c(F)c1)CC2. The Balaban J connectivity index is 1.14. The molecule has 1 saturated heterocycles. The van der Waals surface area contributed by atoms with Gasteiger partial charge in [-0.2, -0.15) is 0 Å². The Labute approximate surface area is 244 Å². The second-order valence-corrected chi connectivity index (χ2v) is 12.8. The summed E-state index contributed by atoms with van der Waals surface area (Å²) in [6, 6.07) is 4.91. The van der Waals surface area contributed by atoms with Gasteiger partial charge in [0.1, 0.15) is 5.82 Å². The third-order valence-electron chi connectivity index (χ3n) is 10.0. The van der Waals surface area contributed by atoms with Crippen LogP contribution in [0, 0.1) is 18.7 Å². The van der Waals surface area contributed by atoms with E-state index in [0.29, 0.717) is 24.6 Å². The number of hydrogen-bond donors (Lipinski definition) is 1. The molecule has 1 aromatic carbocycles. The number of halogens is 1. The van der Waals surface area contributed by atoms with Crippen LogP contribution < -0.4 is 10.1 Å². The van der Waals surface area contributed by atoms with E-state index in [9.17, 15) is 4.79 Å². The smallest absolute Gasteiger partial charge is 0.254 e. The first-order valence-electron chi connectivity index (χ1n) is 16.3. The van der Waals surface area contributed by atoms with E-state index in [0.717, 1.165) is 83.1 Å². The van der Waals surface area contributed by atoms with Crippen LogP contribution in [0.3, 0.4) is 0 Å². The number of aromatic nitrogens is 2. The minimum absolute atomic E-state index is 0.0632. The predicted molar refractivity (Wildman–Crippen MR) is 159 cm³/mol. The van der Waals surface area contributed by atoms with Crippen molar-refractivity contribution in [3.05, 3.63) is 46.8 Å². The normalized spacial score (nSPS) is 24.0. The molecule has 2 aliphatic heterocycles. The first-order chi connectivity index (χ1) is 20.1. The molecule has 0 radical (unpaired) electrons. The van der Waals surface area contributed by atoms with Gasteiger partial charge in [0.15, 0.2) is 11.6 Å². The van der Waals surface area contributed by atoms with Crippen molar-refractivity contribution in [1.82, 2.24) is 24.7 Å². The summed E-state index contributed by atoms with van der Waals surface area (Å²) in [6.45, 7) is 9.43. The van der Waals surface area contributed by atoms with Gasteiger partial charge in [-0.3, -0.25) is 4.79 Å². The molecule has 1 N–H and O–H groups in total. The second-order valence-electron chi connectivity index (χ2n) is 12.8. The van der Waals surface area contributed by atoms with Gasteiger partial charge in [-0.25, -0.2) is 9.37 Å². The molecule has 6 rings (SSSR count). The van der Waals surface area contributed by atoms with E-state index in [1.54, 1.807) is 12.1 Å². The largest absolute Gasteiger partial charge is 0.490 e. The molecule has 8 heteroatoms. The van der Waals surface area contributed by atoms with Crippen LogP contribution in [-0.2, 0) is 13.0 Å². The molecule has 4 aliphatic rings. The average Bonchev–Trinajstić information content (AvgIpc) is 3.21. The number of carbonyl (C=O) groups is 1. The summed E-state index contributed by atoms with van der Waals surface area (Å²) in [7, 11) is 0. The molecule has 0 bridgehead atoms. The van der Waals surface area contributed by atoms with Gasteiger partial charge in [0.25, 0.3) is 5.91 Å². The summed E-state index contributed by atoms with van der Waals surface area (Å²) in [6.07, 6.45) is 12.7. The van der Waals surface area contributed by atoms with Crippen LogP contribution >= 0.6 is 0 Å². The summed E-state index contributed by atoms with van der Waals surface area (Å²) in [4.78, 5) is 23.5. The molecule has 2 aromatic rings. The fourth-order valence-electron chi connectivity index (χ4n) is 7.87. The van der Waals surface area contributed by atoms with Crippen molar-refractivity contribution < 1.29 is 13.9 Å². The molecule has 41 heavy (non-hydrogen) atoms. The zero-order valence-corrected chi connectivity index (χ0v) is 24.9. The Kier molecular flexibility index (Phi) is 9.26. The number of fused-ring (bicyclic) bond motifs is 3. The minimum Gasteiger partial charge on any atom is -0.490 e. The molecule has 224 valence electrons. The lowest BCUT2D eigenvalue weighted by molar-refractivity contribution is 0.0612. The van der Waals surface area contributed by atoms with Crippen molar-refractivity contribution in [1.29, 1.82) is 0 Å². The number of carbonyl (C=O) groups excluding carboxylic acids is 1. The topological polar surface area (TPSA) is 62.6 Å². The van der Waals surface area contributed by atoms with Crippen LogP contribution in [0.4, 0.5) is 4.39 Å². The molecule has 2 unspecified atom stereocenters. The van der Waals surface area contributed by atoms with Gasteiger partial charge in [0, 0.05) is 75.5 Å². The zero-order chi connectivity index (χ0) is 28.2. The summed E-state index contributed by atoms with van der Waals surface area (Å²) in [5.41, 5.74) is 2.99. The van der Waals surface area contributed by atoms with Crippen molar-refractivity contribution in [2.24, 2.45) is 5.92 Å². The third-order valence-corrected chi connectivity index (χ3v) is 10.0. The minimum atomic E-state index is -0.451. The molecule has 2 atom stereocenters. The molecule has 0 spiro atoms. The van der Waals surface area contributed by atoms with E-state index in [1.165, 1.54) is 56.0 Å². The van der Waals surface area contributed by atoms with Gasteiger partial charge < -0.3 is 24.4 Å². The summed E-state index contributed by atoms with van der Waals surface area (Å²) >= 11 is 0. The predicted octanol–water partition coefficient (Wildman–Crippen LogP) is 5.31. The highest BCUT2D eigenvalue weighted by Gasteiger charge is 2.40. The maximum Gasteiger partial charge on any atom is 0.254 e. The number of imidazole rings is 1. The Hall–Kier alpha value is -2.45. The number of ether oxygens (including phenoxy) is 1. The highest BCUT2D eigenvalue weighted by Crippen LogP contribution is 2.41. The molecule has 1 amide bonds. The van der Waals surface area contributed by atoms with Crippen molar-refractivity contribution >= 4 is 5.91 Å². The lowest BCUT2D eigenvalue weighted by Gasteiger charge is -2.39. The molecule has 7 nitrogen and oxygen atoms in total. The van der Waals surface area contributed by atoms with Gasteiger partial charge in [-0.1, -0.05) is 32.1 Å². The number of hydrogen-bond acceptors (Lipinski definition) is 5. The van der Waals surface area contributed by atoms with Gasteiger partial charge in [-0.05, 0) is 63.1 Å². The van der Waals surface area contributed by atoms with E-state index >= 15 is 4.39 Å². The maximum absolute atomic E-state index is 15.1. The Morgan fingerprint density at radius 1 is 1.05 bits per heavy atom. The fraction of sp³-hybridized carbons (Fsp3) is 0.697. The number of benzene rings is 1. The van der Waals surface area contributed by atoms with Gasteiger partial charge in [-0.15, -0.1) is 0 Å². The van der Waals surface area contributed by atoms with Gasteiger partial charge in [0.05, 0.1) is 12.3 Å². The van der Waals surface area contributed by atoms with Crippen LogP contribution in [0.2, 0.25) is 0 Å². The van der Waals surface area contributed by atoms with E-state index in [1.807, 2.05) is 0 Å². The van der Waals surface area contributed by atoms with Crippen LogP contribution in [0.25, 0.3) is 0 Å². The fourth-order valence-corrected chi connectivity index (χ4v) is 7.87. The number of piperazine rings is 1. The molecule has 2 saturated carbocycles. The van der Waals surface area contributed by atoms with Crippen molar-refractivity contribution in [2.75, 3.05) is 45.9 Å². The highest BCUT2D eigenvalue weighted by atomic mass is 19.1. The molecule has 3 heterocycles. The summed E-state index contributed by atoms with van der Waals surface area (Å²) < 4.78 is 23.4. The first kappa shape index (κ1) is 28.7. The van der Waals surface area contributed by atoms with E-state index in [2.05, 4.69) is 26.6 Å². The number of aryl methyl sites for hydroxylation is 1. The molecular formula is C33H48FN5O2. The first-order valence-corrected chi connectivity index (χ1v) is 16.3. The lowest BCUT2D eigenvalue weighted by Crippen LogP contribution is -2.45. The zero-order valence-electron chi connectivity index (χ0n) is 24.9. The summed E-state index contributed by atoms with van der Waals surface area (Å²) in [5, 5.41) is 3.36. The molecule has 3 fully saturated rings. The number of amides is 1. The van der Waals surface area contributed by atoms with Crippen LogP contribution in [-0.4, -0.2) is 77.2 Å². The Bertz CT molecular complexity index is 1190. The number of nitrogens with one attached hydrogen (secondary N) is 1. The average molecular weight is 566 g/mol. The van der Waals surface area contributed by atoms with E-state index in [-0.39, 0.29) is 17.7 Å². The Morgan fingerprint density at radius 2 is 1.83 bits per heavy atom. The van der Waals surface area contributed by atoms with Crippen LogP contribution in [0.5, 0.6) is 5.75 Å². The monoisotopic (exact) mass is 565 g/mol. The Morgan fingerprint density at radius 3 is 2.63 bits per heavy atom. The molecular weight excluding hydrogens is 517 g/mol. The molecule has 2 aliphatic carbocycles. The number of rotatable bonds is 8. The van der Waals surface area contributed by atoms with Crippen LogP contribution in [0.15, 0.2) is 18.2 Å². The maximum atomic E-state index is 15.1. The quantitative estimate of drug-likeness (QED) is 0.440. The molecule has 1 aromatic heterocycles. The van der Waals surface area contributed by atoms with E-state index in [4.69, 9.17) is 9.72 Å². The highest BCUT2D eigenvalue weighted by molar-refractivity contribution is 5.94. The van der Waals surface area contributed by atoms with Crippen molar-refractivity contribution in [2.45, 2.75) is 96.1 Å². The second kappa shape index (κ2) is 13.2. The number of nitrogens with zero attached hydrogens (tertiary/aromatic N) is 4. The third kappa shape index (κ3) is 6.48. The van der Waals surface area contributed by atoms with E-state index < -0.39 is 5.82 Å². The van der Waals surface area contributed by atoms with Gasteiger partial charge in [0.2, 0.25) is 0 Å². The summed E-state index contributed by atoms with van der Waals surface area (Å²) in [5.74, 6) is 1.89. The lowest BCUT2D eigenvalue weighted by atomic mass is 9.81. The van der Waals surface area contributed by atoms with Crippen molar-refractivity contribution in [3.63, 3.8) is 0 Å². The standard InChI is InChI=1S/C33H48FN5O2/c1-24-36-29-14-18-38(30-11-6-5-10-27(30)32(29)39(24)23-25-8-3-2-4-9-25)33(40)26-12-13-31(28(34)22-26)41-21-7-17-37-19-15-35-16-20-37/h12-13,22,25,27,30,35H,2-11,14-21,23H2,1H3. The van der Waals surface area contributed by atoms with Gasteiger partial charge >= 0.3 is 0 Å². The van der Waals surface area contributed by atoms with Crippen LogP contribution in [0.1, 0.15) is 97.7 Å².